The first kappa shape index (κ1) is 11.0. The van der Waals surface area contributed by atoms with Crippen molar-refractivity contribution in [3.63, 3.8) is 0 Å². The average molecular weight is 241 g/mol. The Morgan fingerprint density at radius 1 is 1.28 bits per heavy atom. The van der Waals surface area contributed by atoms with Gasteiger partial charge in [-0.15, -0.1) is 0 Å². The molecular formula is C13H6BF2NO. The molecule has 1 aliphatic carbocycles. The average Bonchev–Trinajstić information content (AvgIpc) is 2.31. The van der Waals surface area contributed by atoms with Gasteiger partial charge in [0.05, 0.1) is 17.5 Å². The van der Waals surface area contributed by atoms with Gasteiger partial charge < -0.3 is 0 Å². The molecule has 1 aromatic carbocycles. The number of fused-ring (bicyclic) bond motifs is 1. The van der Waals surface area contributed by atoms with Crippen LogP contribution in [0.5, 0.6) is 0 Å². The monoisotopic (exact) mass is 241 g/mol. The summed E-state index contributed by atoms with van der Waals surface area (Å²) >= 11 is 0. The highest BCUT2D eigenvalue weighted by Crippen LogP contribution is 2.24. The predicted octanol–water partition coefficient (Wildman–Crippen LogP) is 1.63. The van der Waals surface area contributed by atoms with Crippen molar-refractivity contribution in [3.8, 4) is 0 Å². The number of allylic oxidation sites excluding steroid dienone is 1. The Morgan fingerprint density at radius 2 is 2.00 bits per heavy atom. The predicted molar refractivity (Wildman–Crippen MR) is 66.0 cm³/mol. The van der Waals surface area contributed by atoms with Crippen LogP contribution in [0.2, 0.25) is 0 Å². The summed E-state index contributed by atoms with van der Waals surface area (Å²) < 4.78 is 27.7. The molecule has 1 aliphatic rings. The van der Waals surface area contributed by atoms with E-state index in [0.29, 0.717) is 11.1 Å². The number of rotatable bonds is 1. The molecule has 0 saturated carbocycles. The maximum absolute atomic E-state index is 13.9. The van der Waals surface area contributed by atoms with Crippen molar-refractivity contribution in [1.29, 1.82) is 0 Å². The van der Waals surface area contributed by atoms with Crippen LogP contribution < -0.4 is 11.0 Å². The minimum absolute atomic E-state index is 0.0371. The lowest BCUT2D eigenvalue weighted by atomic mass is 9.93. The van der Waals surface area contributed by atoms with E-state index in [4.69, 9.17) is 7.85 Å². The summed E-state index contributed by atoms with van der Waals surface area (Å²) in [4.78, 5) is 12.1. The van der Waals surface area contributed by atoms with Gasteiger partial charge in [0.1, 0.15) is 13.7 Å². The summed E-state index contributed by atoms with van der Waals surface area (Å²) in [5, 5.41) is 0.381. The van der Waals surface area contributed by atoms with Crippen LogP contribution in [0.15, 0.2) is 40.7 Å². The minimum Gasteiger partial charge on any atom is -0.280 e. The first-order valence-corrected chi connectivity index (χ1v) is 5.32. The second-order valence-electron chi connectivity index (χ2n) is 4.08. The van der Waals surface area contributed by atoms with Gasteiger partial charge >= 0.3 is 0 Å². The third-order valence-electron chi connectivity index (χ3n) is 2.93. The minimum atomic E-state index is -0.740. The second-order valence-corrected chi connectivity index (χ2v) is 4.08. The summed E-state index contributed by atoms with van der Waals surface area (Å²) in [6, 6.07) is 4.57. The molecule has 3 rings (SSSR count). The Labute approximate surface area is 102 Å². The van der Waals surface area contributed by atoms with Crippen LogP contribution in [0.4, 0.5) is 8.78 Å². The fourth-order valence-corrected chi connectivity index (χ4v) is 1.95. The largest absolute Gasteiger partial charge is 0.280 e. The summed E-state index contributed by atoms with van der Waals surface area (Å²) in [7, 11) is 5.44. The molecule has 0 N–H and O–H groups in total. The zero-order valence-corrected chi connectivity index (χ0v) is 9.21. The van der Waals surface area contributed by atoms with Crippen LogP contribution in [-0.2, 0) is 0 Å². The smallest absolute Gasteiger partial charge is 0.266 e. The molecule has 0 amide bonds. The Hall–Kier alpha value is -2.13. The molecule has 0 unspecified atom stereocenters. The zero-order valence-electron chi connectivity index (χ0n) is 9.21. The molecule has 2 nitrogen and oxygen atoms in total. The molecule has 0 fully saturated rings. The summed E-state index contributed by atoms with van der Waals surface area (Å²) in [6.45, 7) is 0. The molecule has 0 spiro atoms. The van der Waals surface area contributed by atoms with Crippen molar-refractivity contribution in [2.45, 2.75) is 6.42 Å². The number of hydrogen-bond acceptors (Lipinski definition) is 1. The van der Waals surface area contributed by atoms with E-state index in [-0.39, 0.29) is 17.3 Å². The molecule has 0 atom stereocenters. The van der Waals surface area contributed by atoms with Crippen LogP contribution in [0.25, 0.3) is 16.5 Å². The highest BCUT2D eigenvalue weighted by molar-refractivity contribution is 6.33. The molecule has 18 heavy (non-hydrogen) atoms. The van der Waals surface area contributed by atoms with Gasteiger partial charge in [-0.2, -0.15) is 0 Å². The van der Waals surface area contributed by atoms with E-state index in [1.807, 2.05) is 0 Å². The molecule has 0 saturated heterocycles. The van der Waals surface area contributed by atoms with E-state index in [0.717, 1.165) is 0 Å². The van der Waals surface area contributed by atoms with E-state index >= 15 is 0 Å². The Bertz CT molecular complexity index is 800. The quantitative estimate of drug-likeness (QED) is 0.549. The molecule has 1 aromatic heterocycles. The van der Waals surface area contributed by atoms with Gasteiger partial charge in [-0.1, -0.05) is 23.3 Å². The van der Waals surface area contributed by atoms with Gasteiger partial charge in [0.2, 0.25) is 0 Å². The standard InChI is InChI=1S/C13H6BF2NO/c14-10-2-1-7-3-4-17(9-5-8(15)6-9)13(18)11(7)12(10)16/h1-4H,5H2. The summed E-state index contributed by atoms with van der Waals surface area (Å²) in [5.74, 6) is -1.15. The van der Waals surface area contributed by atoms with Crippen molar-refractivity contribution in [2.24, 2.45) is 0 Å². The first-order chi connectivity index (χ1) is 8.58. The lowest BCUT2D eigenvalue weighted by Gasteiger charge is -2.13. The first-order valence-electron chi connectivity index (χ1n) is 5.32. The van der Waals surface area contributed by atoms with Gasteiger partial charge in [-0.05, 0) is 11.5 Å². The third-order valence-corrected chi connectivity index (χ3v) is 2.93. The molecular weight excluding hydrogens is 235 g/mol. The lowest BCUT2D eigenvalue weighted by Crippen LogP contribution is -2.23. The highest BCUT2D eigenvalue weighted by atomic mass is 19.1. The normalized spacial score (nSPS) is 14.1. The molecule has 5 heteroatoms. The third kappa shape index (κ3) is 1.45. The highest BCUT2D eigenvalue weighted by Gasteiger charge is 2.16. The van der Waals surface area contributed by atoms with E-state index in [1.165, 1.54) is 16.8 Å². The van der Waals surface area contributed by atoms with E-state index in [9.17, 15) is 13.6 Å². The number of pyridine rings is 1. The van der Waals surface area contributed by atoms with Crippen LogP contribution in [0, 0.1) is 5.82 Å². The topological polar surface area (TPSA) is 22.0 Å². The molecule has 0 aliphatic heterocycles. The van der Waals surface area contributed by atoms with Gasteiger partial charge in [-0.25, -0.2) is 8.78 Å². The van der Waals surface area contributed by atoms with Crippen LogP contribution in [0.3, 0.4) is 0 Å². The second kappa shape index (κ2) is 3.69. The Balaban J connectivity index is 2.40. The van der Waals surface area contributed by atoms with Crippen LogP contribution in [-0.4, -0.2) is 12.4 Å². The van der Waals surface area contributed by atoms with E-state index in [1.54, 1.807) is 12.1 Å². The fraction of sp³-hybridized carbons (Fsp3) is 0.0769. The number of halogens is 2. The van der Waals surface area contributed by atoms with Gasteiger partial charge in [-0.3, -0.25) is 9.36 Å². The number of aromatic nitrogens is 1. The van der Waals surface area contributed by atoms with Crippen molar-refractivity contribution in [3.05, 3.63) is 52.1 Å². The molecule has 2 aromatic rings. The van der Waals surface area contributed by atoms with Crippen molar-refractivity contribution in [2.75, 3.05) is 0 Å². The van der Waals surface area contributed by atoms with Crippen LogP contribution in [0.1, 0.15) is 6.42 Å². The molecule has 2 radical (unpaired) electrons. The Morgan fingerprint density at radius 3 is 2.67 bits per heavy atom. The van der Waals surface area contributed by atoms with Crippen molar-refractivity contribution in [1.82, 2.24) is 4.57 Å². The maximum atomic E-state index is 13.9. The van der Waals surface area contributed by atoms with E-state index in [2.05, 4.69) is 5.73 Å². The van der Waals surface area contributed by atoms with Crippen molar-refractivity contribution >= 4 is 29.8 Å². The molecule has 1 heterocycles. The van der Waals surface area contributed by atoms with Crippen molar-refractivity contribution < 1.29 is 8.78 Å². The van der Waals surface area contributed by atoms with Gasteiger partial charge in [0, 0.05) is 6.20 Å². The van der Waals surface area contributed by atoms with Crippen LogP contribution >= 0.6 is 0 Å². The van der Waals surface area contributed by atoms with Gasteiger partial charge in [0.25, 0.3) is 5.56 Å². The fourth-order valence-electron chi connectivity index (χ4n) is 1.95. The Kier molecular flexibility index (Phi) is 2.25. The molecule has 0 bridgehead atoms. The SMILES string of the molecule is [B]c1ccc2ccn(C3=C=C(F)C3)c(=O)c2c1F. The lowest BCUT2D eigenvalue weighted by molar-refractivity contribution is 0.602. The maximum Gasteiger partial charge on any atom is 0.266 e. The zero-order chi connectivity index (χ0) is 12.9. The number of hydrogen-bond donors (Lipinski definition) is 0. The number of nitrogens with zero attached hydrogens (tertiary/aromatic N) is 1. The van der Waals surface area contributed by atoms with E-state index < -0.39 is 17.2 Å². The number of benzene rings is 1. The summed E-state index contributed by atoms with van der Waals surface area (Å²) in [6.07, 6.45) is 1.52. The summed E-state index contributed by atoms with van der Waals surface area (Å²) in [5.41, 5.74) is 2.13. The molecule has 86 valence electrons. The van der Waals surface area contributed by atoms with Gasteiger partial charge in [0.15, 0.2) is 5.83 Å².